The van der Waals surface area contributed by atoms with Crippen molar-refractivity contribution in [2.45, 2.75) is 12.8 Å². The summed E-state index contributed by atoms with van der Waals surface area (Å²) in [6, 6.07) is 3.23. The first-order valence-corrected chi connectivity index (χ1v) is 7.91. The van der Waals surface area contributed by atoms with Crippen LogP contribution in [0.1, 0.15) is 23.2 Å². The van der Waals surface area contributed by atoms with E-state index in [1.165, 1.54) is 6.20 Å². The Hall–Kier alpha value is -2.50. The summed E-state index contributed by atoms with van der Waals surface area (Å²) in [4.78, 5) is 41.5. The average molecular weight is 309 g/mol. The fraction of sp³-hybridized carbons (Fsp3) is 0.412. The molecule has 2 heterocycles. The van der Waals surface area contributed by atoms with Crippen LogP contribution in [0.2, 0.25) is 0 Å². The molecule has 1 N–H and O–H groups in total. The topological polar surface area (TPSA) is 79.4 Å². The normalized spacial score (nSPS) is 35.0. The van der Waals surface area contributed by atoms with Gasteiger partial charge in [0, 0.05) is 12.4 Å². The zero-order valence-electron chi connectivity index (χ0n) is 12.3. The maximum Gasteiger partial charge on any atom is 0.271 e. The van der Waals surface area contributed by atoms with Gasteiger partial charge in [0.2, 0.25) is 0 Å². The number of aromatic nitrogens is 1. The smallest absolute Gasteiger partial charge is 0.271 e. The van der Waals surface area contributed by atoms with Crippen molar-refractivity contribution >= 4 is 17.7 Å². The van der Waals surface area contributed by atoms with E-state index < -0.39 is 5.91 Å². The van der Waals surface area contributed by atoms with Gasteiger partial charge < -0.3 is 0 Å². The minimum atomic E-state index is -0.485. The number of pyridine rings is 1. The summed E-state index contributed by atoms with van der Waals surface area (Å²) in [5, 5.41) is 0.937. The summed E-state index contributed by atoms with van der Waals surface area (Å²) < 4.78 is 0. The van der Waals surface area contributed by atoms with E-state index in [1.54, 1.807) is 18.3 Å². The van der Waals surface area contributed by atoms with E-state index >= 15 is 0 Å². The van der Waals surface area contributed by atoms with Crippen LogP contribution in [0.4, 0.5) is 0 Å². The number of nitrogens with zero attached hydrogens (tertiary/aromatic N) is 2. The van der Waals surface area contributed by atoms with Crippen LogP contribution in [-0.2, 0) is 9.59 Å². The second-order valence-electron chi connectivity index (χ2n) is 6.92. The molecule has 0 unspecified atom stereocenters. The first-order chi connectivity index (χ1) is 11.1. The molecule has 116 valence electrons. The van der Waals surface area contributed by atoms with Gasteiger partial charge in [-0.05, 0) is 42.2 Å². The highest BCUT2D eigenvalue weighted by atomic mass is 16.2. The Morgan fingerprint density at radius 1 is 1.17 bits per heavy atom. The van der Waals surface area contributed by atoms with E-state index in [9.17, 15) is 14.4 Å². The fourth-order valence-electron chi connectivity index (χ4n) is 4.85. The van der Waals surface area contributed by atoms with E-state index in [0.29, 0.717) is 5.56 Å². The molecule has 5 rings (SSSR count). The van der Waals surface area contributed by atoms with Crippen molar-refractivity contribution in [1.82, 2.24) is 15.4 Å². The lowest BCUT2D eigenvalue weighted by molar-refractivity contribution is -0.144. The lowest BCUT2D eigenvalue weighted by Crippen LogP contribution is -2.47. The highest BCUT2D eigenvalue weighted by molar-refractivity contribution is 6.09. The molecule has 3 fully saturated rings. The summed E-state index contributed by atoms with van der Waals surface area (Å²) in [5.74, 6) is -1.28. The van der Waals surface area contributed by atoms with Crippen LogP contribution in [0, 0.1) is 29.1 Å². The van der Waals surface area contributed by atoms with Gasteiger partial charge in [-0.1, -0.05) is 12.2 Å². The van der Waals surface area contributed by atoms with Crippen molar-refractivity contribution < 1.29 is 14.4 Å². The largest absolute Gasteiger partial charge is 0.272 e. The van der Waals surface area contributed by atoms with Gasteiger partial charge in [-0.2, -0.15) is 5.01 Å². The molecule has 2 saturated carbocycles. The Kier molecular flexibility index (Phi) is 2.30. The molecule has 3 aliphatic carbocycles. The van der Waals surface area contributed by atoms with Crippen LogP contribution in [0.15, 0.2) is 36.7 Å². The number of hydrogen-bond donors (Lipinski definition) is 1. The van der Waals surface area contributed by atoms with Crippen molar-refractivity contribution in [3.8, 4) is 0 Å². The van der Waals surface area contributed by atoms with Gasteiger partial charge in [0.25, 0.3) is 17.7 Å². The maximum atomic E-state index is 12.7. The van der Waals surface area contributed by atoms with Crippen LogP contribution in [0.3, 0.4) is 0 Å². The predicted molar refractivity (Wildman–Crippen MR) is 78.3 cm³/mol. The van der Waals surface area contributed by atoms with Gasteiger partial charge in [-0.25, -0.2) is 0 Å². The zero-order chi connectivity index (χ0) is 15.8. The molecule has 1 aromatic rings. The van der Waals surface area contributed by atoms with Crippen LogP contribution < -0.4 is 5.43 Å². The number of amides is 3. The van der Waals surface area contributed by atoms with Gasteiger partial charge in [-0.3, -0.25) is 24.8 Å². The number of rotatable bonds is 2. The van der Waals surface area contributed by atoms with Gasteiger partial charge in [0.1, 0.15) is 0 Å². The minimum Gasteiger partial charge on any atom is -0.272 e. The molecule has 2 bridgehead atoms. The predicted octanol–water partition coefficient (Wildman–Crippen LogP) is 0.924. The highest BCUT2D eigenvalue weighted by Crippen LogP contribution is 2.73. The van der Waals surface area contributed by atoms with Crippen LogP contribution in [0.5, 0.6) is 0 Å². The van der Waals surface area contributed by atoms with Gasteiger partial charge >= 0.3 is 0 Å². The SMILES string of the molecule is O=C(NN1C(=O)[C@@H]2[C@H](C1=O)[C@H]1C=C[C@H]2C12CC2)c1cccnc1. The number of allylic oxidation sites excluding steroid dienone is 2. The summed E-state index contributed by atoms with van der Waals surface area (Å²) in [5.41, 5.74) is 2.96. The standard InChI is InChI=1S/C17H15N3O3/c21-14(9-2-1-7-18-8-9)19-20-15(22)12-10-3-4-11(13(12)16(20)23)17(10)5-6-17/h1-4,7-8,10-13H,5-6H2,(H,19,21)/t10-,11-,12-,13+/m1/s1. The van der Waals surface area contributed by atoms with Crippen molar-refractivity contribution in [2.75, 3.05) is 0 Å². The molecule has 6 nitrogen and oxygen atoms in total. The molecule has 1 aliphatic heterocycles. The molecule has 4 atom stereocenters. The first kappa shape index (κ1) is 13.0. The van der Waals surface area contributed by atoms with Crippen LogP contribution >= 0.6 is 0 Å². The third kappa shape index (κ3) is 1.48. The Labute approximate surface area is 132 Å². The van der Waals surface area contributed by atoms with E-state index in [2.05, 4.69) is 22.6 Å². The first-order valence-electron chi connectivity index (χ1n) is 7.91. The van der Waals surface area contributed by atoms with Crippen LogP contribution in [-0.4, -0.2) is 27.7 Å². The zero-order valence-corrected chi connectivity index (χ0v) is 12.3. The van der Waals surface area contributed by atoms with Crippen molar-refractivity contribution in [3.05, 3.63) is 42.2 Å². The summed E-state index contributed by atoms with van der Waals surface area (Å²) in [6.45, 7) is 0. The van der Waals surface area contributed by atoms with E-state index in [1.807, 2.05) is 0 Å². The molecule has 0 aromatic carbocycles. The molecule has 1 saturated heterocycles. The quantitative estimate of drug-likeness (QED) is 0.651. The van der Waals surface area contributed by atoms with E-state index in [4.69, 9.17) is 0 Å². The number of hydrogen-bond acceptors (Lipinski definition) is 4. The summed E-state index contributed by atoms with van der Waals surface area (Å²) in [7, 11) is 0. The monoisotopic (exact) mass is 309 g/mol. The molecule has 6 heteroatoms. The van der Waals surface area contributed by atoms with E-state index in [0.717, 1.165) is 17.9 Å². The molecule has 1 aromatic heterocycles. The van der Waals surface area contributed by atoms with Crippen molar-refractivity contribution in [3.63, 3.8) is 0 Å². The Morgan fingerprint density at radius 3 is 2.35 bits per heavy atom. The van der Waals surface area contributed by atoms with Gasteiger partial charge in [-0.15, -0.1) is 0 Å². The second-order valence-corrected chi connectivity index (χ2v) is 6.92. The Bertz CT molecular complexity index is 735. The third-order valence-corrected chi connectivity index (χ3v) is 5.99. The summed E-state index contributed by atoms with van der Waals surface area (Å²) in [6.07, 6.45) is 9.39. The van der Waals surface area contributed by atoms with Crippen molar-refractivity contribution in [1.29, 1.82) is 0 Å². The molecule has 4 aliphatic rings. The fourth-order valence-corrected chi connectivity index (χ4v) is 4.85. The number of carbonyl (C=O) groups is 3. The summed E-state index contributed by atoms with van der Waals surface area (Å²) >= 11 is 0. The Balaban J connectivity index is 1.42. The van der Waals surface area contributed by atoms with Gasteiger partial charge in [0.05, 0.1) is 17.4 Å². The number of imide groups is 1. The average Bonchev–Trinajstić information content (AvgIpc) is 3.18. The van der Waals surface area contributed by atoms with Crippen LogP contribution in [0.25, 0.3) is 0 Å². The number of fused-ring (bicyclic) bond motifs is 3. The molecular formula is C17H15N3O3. The number of carbonyl (C=O) groups excluding carboxylic acids is 3. The maximum absolute atomic E-state index is 12.7. The van der Waals surface area contributed by atoms with Gasteiger partial charge in [0.15, 0.2) is 0 Å². The molecule has 3 amide bonds. The highest BCUT2D eigenvalue weighted by Gasteiger charge is 2.73. The Morgan fingerprint density at radius 2 is 1.83 bits per heavy atom. The number of hydrazine groups is 1. The number of nitrogens with one attached hydrogen (secondary N) is 1. The lowest BCUT2D eigenvalue weighted by atomic mass is 9.85. The van der Waals surface area contributed by atoms with Crippen molar-refractivity contribution in [2.24, 2.45) is 29.1 Å². The molecule has 0 radical (unpaired) electrons. The second kappa shape index (κ2) is 4.07. The minimum absolute atomic E-state index is 0.161. The third-order valence-electron chi connectivity index (χ3n) is 5.99. The molecule has 1 spiro atoms. The molecular weight excluding hydrogens is 294 g/mol. The lowest BCUT2D eigenvalue weighted by Gasteiger charge is -2.21. The van der Waals surface area contributed by atoms with E-state index in [-0.39, 0.29) is 40.9 Å². The molecule has 23 heavy (non-hydrogen) atoms.